The number of anilines is 1. The molecule has 3 aromatic rings. The first-order valence-electron chi connectivity index (χ1n) is 7.39. The smallest absolute Gasteiger partial charge is 0.269 e. The molecular formula is C16H15N7OS. The van der Waals surface area contributed by atoms with Gasteiger partial charge in [-0.15, -0.1) is 5.10 Å². The Kier molecular flexibility index (Phi) is 4.95. The lowest BCUT2D eigenvalue weighted by Crippen LogP contribution is -2.43. The van der Waals surface area contributed by atoms with Gasteiger partial charge >= 0.3 is 0 Å². The number of aryl methyl sites for hydroxylation is 1. The highest BCUT2D eigenvalue weighted by molar-refractivity contribution is 7.80. The van der Waals surface area contributed by atoms with Crippen LogP contribution in [0.5, 0.6) is 0 Å². The molecule has 0 aliphatic rings. The maximum Gasteiger partial charge on any atom is 0.269 e. The van der Waals surface area contributed by atoms with Gasteiger partial charge in [0.1, 0.15) is 6.33 Å². The zero-order valence-corrected chi connectivity index (χ0v) is 14.1. The van der Waals surface area contributed by atoms with E-state index in [4.69, 9.17) is 12.2 Å². The molecule has 3 N–H and O–H groups in total. The number of rotatable bonds is 3. The predicted molar refractivity (Wildman–Crippen MR) is 97.2 cm³/mol. The standard InChI is InChI=1S/C16H15N7OS/c1-11-3-2-4-13(9-11)18-16(25)20-19-15(24)12-5-7-14(8-6-12)23-10-17-21-22-23/h2-10H,1H3,(H,19,24)(H2,18,20,25). The lowest BCUT2D eigenvalue weighted by molar-refractivity contribution is 0.0944. The second-order valence-corrected chi connectivity index (χ2v) is 5.61. The Morgan fingerprint density at radius 1 is 1.12 bits per heavy atom. The van der Waals surface area contributed by atoms with Gasteiger partial charge in [-0.2, -0.15) is 0 Å². The van der Waals surface area contributed by atoms with Gasteiger partial charge in [-0.05, 0) is 71.5 Å². The van der Waals surface area contributed by atoms with Crippen LogP contribution in [0.4, 0.5) is 5.69 Å². The maximum absolute atomic E-state index is 12.1. The molecule has 126 valence electrons. The van der Waals surface area contributed by atoms with E-state index in [0.717, 1.165) is 16.9 Å². The lowest BCUT2D eigenvalue weighted by Gasteiger charge is -2.12. The molecule has 1 amide bonds. The first-order chi connectivity index (χ1) is 12.1. The van der Waals surface area contributed by atoms with E-state index < -0.39 is 0 Å². The quantitative estimate of drug-likeness (QED) is 0.486. The highest BCUT2D eigenvalue weighted by Crippen LogP contribution is 2.09. The fourth-order valence-corrected chi connectivity index (χ4v) is 2.28. The third kappa shape index (κ3) is 4.36. The minimum absolute atomic E-state index is 0.296. The van der Waals surface area contributed by atoms with Gasteiger partial charge in [0.2, 0.25) is 0 Å². The number of amides is 1. The summed E-state index contributed by atoms with van der Waals surface area (Å²) >= 11 is 5.16. The highest BCUT2D eigenvalue weighted by atomic mass is 32.1. The summed E-state index contributed by atoms with van der Waals surface area (Å²) in [6.07, 6.45) is 1.48. The van der Waals surface area contributed by atoms with Crippen molar-refractivity contribution in [2.45, 2.75) is 6.92 Å². The van der Waals surface area contributed by atoms with Gasteiger partial charge in [0.25, 0.3) is 5.91 Å². The van der Waals surface area contributed by atoms with Crippen LogP contribution in [-0.2, 0) is 0 Å². The number of hydrogen-bond donors (Lipinski definition) is 3. The summed E-state index contributed by atoms with van der Waals surface area (Å²) in [7, 11) is 0. The SMILES string of the molecule is Cc1cccc(NC(=S)NNC(=O)c2ccc(-n3cnnn3)cc2)c1. The Morgan fingerprint density at radius 3 is 2.60 bits per heavy atom. The average molecular weight is 353 g/mol. The second kappa shape index (κ2) is 7.49. The number of benzene rings is 2. The molecule has 0 spiro atoms. The minimum atomic E-state index is -0.309. The van der Waals surface area contributed by atoms with E-state index in [1.807, 2.05) is 31.2 Å². The van der Waals surface area contributed by atoms with E-state index in [-0.39, 0.29) is 5.91 Å². The summed E-state index contributed by atoms with van der Waals surface area (Å²) in [6, 6.07) is 14.6. The molecule has 0 radical (unpaired) electrons. The molecule has 0 aliphatic heterocycles. The molecule has 0 atom stereocenters. The molecule has 0 unspecified atom stereocenters. The van der Waals surface area contributed by atoms with Crippen molar-refractivity contribution in [1.82, 2.24) is 31.1 Å². The third-order valence-corrected chi connectivity index (χ3v) is 3.51. The molecule has 0 saturated carbocycles. The van der Waals surface area contributed by atoms with E-state index in [1.54, 1.807) is 24.3 Å². The number of thiocarbonyl (C=S) groups is 1. The molecular weight excluding hydrogens is 338 g/mol. The Labute approximate surface area is 149 Å². The predicted octanol–water partition coefficient (Wildman–Crippen LogP) is 1.60. The molecule has 1 heterocycles. The van der Waals surface area contributed by atoms with Crippen LogP contribution in [-0.4, -0.2) is 31.2 Å². The summed E-state index contributed by atoms with van der Waals surface area (Å²) in [5.41, 5.74) is 8.41. The average Bonchev–Trinajstić information content (AvgIpc) is 3.14. The van der Waals surface area contributed by atoms with Crippen molar-refractivity contribution in [2.75, 3.05) is 5.32 Å². The topological polar surface area (TPSA) is 96.8 Å². The van der Waals surface area contributed by atoms with Crippen LogP contribution in [0.15, 0.2) is 54.9 Å². The van der Waals surface area contributed by atoms with Gasteiger partial charge in [-0.25, -0.2) is 4.68 Å². The van der Waals surface area contributed by atoms with Crippen molar-refractivity contribution in [1.29, 1.82) is 0 Å². The molecule has 1 aromatic heterocycles. The molecule has 0 bridgehead atoms. The van der Waals surface area contributed by atoms with Gasteiger partial charge in [-0.3, -0.25) is 15.6 Å². The molecule has 0 fully saturated rings. The van der Waals surface area contributed by atoms with Gasteiger partial charge in [0.05, 0.1) is 5.69 Å². The first-order valence-corrected chi connectivity index (χ1v) is 7.80. The molecule has 8 nitrogen and oxygen atoms in total. The van der Waals surface area contributed by atoms with Crippen molar-refractivity contribution in [3.05, 3.63) is 66.0 Å². The van der Waals surface area contributed by atoms with Crippen molar-refractivity contribution < 1.29 is 4.79 Å². The molecule has 3 rings (SSSR count). The maximum atomic E-state index is 12.1. The zero-order chi connectivity index (χ0) is 17.6. The molecule has 2 aromatic carbocycles. The molecule has 0 saturated heterocycles. The van der Waals surface area contributed by atoms with Crippen LogP contribution in [0.2, 0.25) is 0 Å². The number of hydrazine groups is 1. The summed E-state index contributed by atoms with van der Waals surface area (Å²) in [5.74, 6) is -0.309. The van der Waals surface area contributed by atoms with Gasteiger partial charge in [0.15, 0.2) is 5.11 Å². The Morgan fingerprint density at radius 2 is 1.92 bits per heavy atom. The van der Waals surface area contributed by atoms with Crippen LogP contribution >= 0.6 is 12.2 Å². The number of aromatic nitrogens is 4. The van der Waals surface area contributed by atoms with E-state index in [1.165, 1.54) is 11.0 Å². The molecule has 9 heteroatoms. The van der Waals surface area contributed by atoms with E-state index in [0.29, 0.717) is 10.7 Å². The number of hydrogen-bond acceptors (Lipinski definition) is 5. The van der Waals surface area contributed by atoms with Crippen molar-refractivity contribution in [2.24, 2.45) is 0 Å². The third-order valence-electron chi connectivity index (χ3n) is 3.31. The van der Waals surface area contributed by atoms with Crippen LogP contribution in [0.25, 0.3) is 5.69 Å². The lowest BCUT2D eigenvalue weighted by atomic mass is 10.2. The monoisotopic (exact) mass is 353 g/mol. The fraction of sp³-hybridized carbons (Fsp3) is 0.0625. The number of carbonyl (C=O) groups excluding carboxylic acids is 1. The van der Waals surface area contributed by atoms with E-state index >= 15 is 0 Å². The van der Waals surface area contributed by atoms with Gasteiger partial charge in [0, 0.05) is 11.3 Å². The van der Waals surface area contributed by atoms with Crippen molar-refractivity contribution >= 4 is 28.9 Å². The summed E-state index contributed by atoms with van der Waals surface area (Å²) in [5, 5.41) is 14.2. The van der Waals surface area contributed by atoms with Crippen molar-refractivity contribution in [3.63, 3.8) is 0 Å². The van der Waals surface area contributed by atoms with E-state index in [9.17, 15) is 4.79 Å². The van der Waals surface area contributed by atoms with Crippen molar-refractivity contribution in [3.8, 4) is 5.69 Å². The zero-order valence-electron chi connectivity index (χ0n) is 13.3. The second-order valence-electron chi connectivity index (χ2n) is 5.20. The number of carbonyl (C=O) groups is 1. The Balaban J connectivity index is 1.54. The Bertz CT molecular complexity index is 878. The summed E-state index contributed by atoms with van der Waals surface area (Å²) < 4.78 is 1.50. The summed E-state index contributed by atoms with van der Waals surface area (Å²) in [4.78, 5) is 12.1. The minimum Gasteiger partial charge on any atom is -0.331 e. The largest absolute Gasteiger partial charge is 0.331 e. The normalized spacial score (nSPS) is 10.1. The molecule has 0 aliphatic carbocycles. The summed E-state index contributed by atoms with van der Waals surface area (Å²) in [6.45, 7) is 1.99. The molecule has 25 heavy (non-hydrogen) atoms. The fourth-order valence-electron chi connectivity index (χ4n) is 2.12. The van der Waals surface area contributed by atoms with Gasteiger partial charge < -0.3 is 5.32 Å². The van der Waals surface area contributed by atoms with E-state index in [2.05, 4.69) is 31.7 Å². The highest BCUT2D eigenvalue weighted by Gasteiger charge is 2.07. The van der Waals surface area contributed by atoms with Gasteiger partial charge in [-0.1, -0.05) is 12.1 Å². The van der Waals surface area contributed by atoms with Crippen LogP contribution in [0.3, 0.4) is 0 Å². The Hall–Kier alpha value is -3.33. The number of tetrazole rings is 1. The van der Waals surface area contributed by atoms with Crippen LogP contribution in [0, 0.1) is 6.92 Å². The van der Waals surface area contributed by atoms with Crippen LogP contribution < -0.4 is 16.2 Å². The first kappa shape index (κ1) is 16.5. The number of nitrogens with zero attached hydrogens (tertiary/aromatic N) is 4. The number of nitrogens with one attached hydrogen (secondary N) is 3. The van der Waals surface area contributed by atoms with Crippen LogP contribution in [0.1, 0.15) is 15.9 Å².